The smallest absolute Gasteiger partial charge is 0.246 e. The van der Waals surface area contributed by atoms with E-state index >= 15 is 0 Å². The van der Waals surface area contributed by atoms with Gasteiger partial charge in [-0.1, -0.05) is 6.07 Å². The van der Waals surface area contributed by atoms with Crippen molar-refractivity contribution in [2.45, 2.75) is 13.8 Å². The molecule has 14 heavy (non-hydrogen) atoms. The minimum absolute atomic E-state index is 0.0865. The molecule has 0 aliphatic heterocycles. The van der Waals surface area contributed by atoms with E-state index in [0.717, 1.165) is 18.0 Å². The topological polar surface area (TPSA) is 20.3 Å². The molecule has 0 bridgehead atoms. The highest BCUT2D eigenvalue weighted by molar-refractivity contribution is 7.10. The molecule has 1 amide bonds. The van der Waals surface area contributed by atoms with Crippen molar-refractivity contribution in [1.29, 1.82) is 0 Å². The van der Waals surface area contributed by atoms with Gasteiger partial charge < -0.3 is 4.90 Å². The van der Waals surface area contributed by atoms with Crippen molar-refractivity contribution in [2.75, 3.05) is 13.1 Å². The average Bonchev–Trinajstić information content (AvgIpc) is 2.69. The zero-order chi connectivity index (χ0) is 10.4. The number of thiophene rings is 1. The number of carbonyl (C=O) groups is 1. The minimum atomic E-state index is 0.0865. The van der Waals surface area contributed by atoms with Crippen molar-refractivity contribution in [2.24, 2.45) is 0 Å². The van der Waals surface area contributed by atoms with E-state index in [0.29, 0.717) is 0 Å². The number of amides is 1. The van der Waals surface area contributed by atoms with Crippen LogP contribution in [-0.2, 0) is 4.79 Å². The van der Waals surface area contributed by atoms with E-state index in [1.165, 1.54) is 0 Å². The lowest BCUT2D eigenvalue weighted by atomic mass is 10.3. The zero-order valence-corrected chi connectivity index (χ0v) is 9.38. The van der Waals surface area contributed by atoms with Crippen molar-refractivity contribution in [3.63, 3.8) is 0 Å². The molecule has 1 aromatic rings. The van der Waals surface area contributed by atoms with E-state index in [1.807, 2.05) is 37.4 Å². The first-order valence-electron chi connectivity index (χ1n) is 4.78. The molecule has 0 aliphatic rings. The van der Waals surface area contributed by atoms with Crippen LogP contribution in [0, 0.1) is 0 Å². The first-order chi connectivity index (χ1) is 6.77. The predicted molar refractivity (Wildman–Crippen MR) is 61.3 cm³/mol. The fourth-order valence-corrected chi connectivity index (χ4v) is 1.80. The summed E-state index contributed by atoms with van der Waals surface area (Å²) in [6.07, 6.45) is 3.50. The summed E-state index contributed by atoms with van der Waals surface area (Å²) in [6, 6.07) is 3.98. The summed E-state index contributed by atoms with van der Waals surface area (Å²) >= 11 is 1.63. The zero-order valence-electron chi connectivity index (χ0n) is 8.56. The van der Waals surface area contributed by atoms with Gasteiger partial charge in [0.2, 0.25) is 5.91 Å². The largest absolute Gasteiger partial charge is 0.340 e. The first kappa shape index (κ1) is 11.0. The average molecular weight is 209 g/mol. The second-order valence-electron chi connectivity index (χ2n) is 2.86. The Morgan fingerprint density at radius 1 is 1.50 bits per heavy atom. The van der Waals surface area contributed by atoms with Crippen molar-refractivity contribution < 1.29 is 4.79 Å². The molecule has 0 N–H and O–H groups in total. The summed E-state index contributed by atoms with van der Waals surface area (Å²) in [7, 11) is 0. The third-order valence-corrected chi connectivity index (χ3v) is 2.85. The van der Waals surface area contributed by atoms with Gasteiger partial charge in [0.1, 0.15) is 0 Å². The van der Waals surface area contributed by atoms with Crippen LogP contribution < -0.4 is 0 Å². The van der Waals surface area contributed by atoms with Crippen molar-refractivity contribution >= 4 is 23.3 Å². The van der Waals surface area contributed by atoms with Gasteiger partial charge in [-0.15, -0.1) is 11.3 Å². The lowest BCUT2D eigenvalue weighted by molar-refractivity contribution is -0.125. The number of hydrogen-bond acceptors (Lipinski definition) is 2. The highest BCUT2D eigenvalue weighted by Gasteiger charge is 2.04. The Bertz CT molecular complexity index is 299. The van der Waals surface area contributed by atoms with Crippen molar-refractivity contribution in [1.82, 2.24) is 4.90 Å². The summed E-state index contributed by atoms with van der Waals surface area (Å²) < 4.78 is 0. The molecule has 0 radical (unpaired) electrons. The van der Waals surface area contributed by atoms with Gasteiger partial charge in [0.05, 0.1) is 0 Å². The molecule has 3 heteroatoms. The fourth-order valence-electron chi connectivity index (χ4n) is 1.18. The molecule has 0 aliphatic carbocycles. The number of rotatable bonds is 4. The molecule has 1 aromatic heterocycles. The van der Waals surface area contributed by atoms with E-state index in [-0.39, 0.29) is 5.91 Å². The van der Waals surface area contributed by atoms with Gasteiger partial charge in [0, 0.05) is 24.0 Å². The number of nitrogens with zero attached hydrogens (tertiary/aromatic N) is 1. The van der Waals surface area contributed by atoms with Crippen LogP contribution in [0.5, 0.6) is 0 Å². The number of hydrogen-bond donors (Lipinski definition) is 0. The molecular formula is C11H15NOS. The maximum Gasteiger partial charge on any atom is 0.246 e. The highest BCUT2D eigenvalue weighted by Crippen LogP contribution is 2.10. The molecule has 0 fully saturated rings. The first-order valence-corrected chi connectivity index (χ1v) is 5.66. The van der Waals surface area contributed by atoms with Crippen LogP contribution in [0.25, 0.3) is 6.08 Å². The number of carbonyl (C=O) groups excluding carboxylic acids is 1. The molecule has 0 spiro atoms. The van der Waals surface area contributed by atoms with Crippen LogP contribution in [0.3, 0.4) is 0 Å². The van der Waals surface area contributed by atoms with Crippen LogP contribution in [0.1, 0.15) is 18.7 Å². The Morgan fingerprint density at radius 3 is 2.71 bits per heavy atom. The summed E-state index contributed by atoms with van der Waals surface area (Å²) in [6.45, 7) is 5.51. The van der Waals surface area contributed by atoms with Crippen LogP contribution in [-0.4, -0.2) is 23.9 Å². The Morgan fingerprint density at radius 2 is 2.21 bits per heavy atom. The van der Waals surface area contributed by atoms with Crippen molar-refractivity contribution in [3.05, 3.63) is 28.5 Å². The molecule has 0 aromatic carbocycles. The summed E-state index contributed by atoms with van der Waals surface area (Å²) in [5.41, 5.74) is 0. The summed E-state index contributed by atoms with van der Waals surface area (Å²) in [5.74, 6) is 0.0865. The van der Waals surface area contributed by atoms with E-state index < -0.39 is 0 Å². The molecule has 76 valence electrons. The fraction of sp³-hybridized carbons (Fsp3) is 0.364. The van der Waals surface area contributed by atoms with Gasteiger partial charge in [-0.3, -0.25) is 4.79 Å². The quantitative estimate of drug-likeness (QED) is 0.698. The van der Waals surface area contributed by atoms with Crippen molar-refractivity contribution in [3.8, 4) is 0 Å². The minimum Gasteiger partial charge on any atom is -0.340 e. The lowest BCUT2D eigenvalue weighted by Gasteiger charge is -2.15. The van der Waals surface area contributed by atoms with Gasteiger partial charge in [-0.05, 0) is 31.4 Å². The normalized spacial score (nSPS) is 10.7. The third-order valence-electron chi connectivity index (χ3n) is 2.01. The lowest BCUT2D eigenvalue weighted by Crippen LogP contribution is -2.28. The van der Waals surface area contributed by atoms with Gasteiger partial charge in [0.15, 0.2) is 0 Å². The second kappa shape index (κ2) is 5.60. The Kier molecular flexibility index (Phi) is 4.40. The monoisotopic (exact) mass is 209 g/mol. The Balaban J connectivity index is 2.55. The maximum absolute atomic E-state index is 11.5. The van der Waals surface area contributed by atoms with E-state index in [9.17, 15) is 4.79 Å². The van der Waals surface area contributed by atoms with Crippen LogP contribution in [0.4, 0.5) is 0 Å². The van der Waals surface area contributed by atoms with E-state index in [4.69, 9.17) is 0 Å². The van der Waals surface area contributed by atoms with Gasteiger partial charge in [-0.25, -0.2) is 0 Å². The molecule has 1 rings (SSSR count). The molecule has 0 saturated carbocycles. The molecule has 0 saturated heterocycles. The second-order valence-corrected chi connectivity index (χ2v) is 3.84. The van der Waals surface area contributed by atoms with Gasteiger partial charge in [-0.2, -0.15) is 0 Å². The Labute approximate surface area is 88.9 Å². The van der Waals surface area contributed by atoms with E-state index in [2.05, 4.69) is 0 Å². The molecule has 2 nitrogen and oxygen atoms in total. The maximum atomic E-state index is 11.5. The van der Waals surface area contributed by atoms with Crippen LogP contribution >= 0.6 is 11.3 Å². The van der Waals surface area contributed by atoms with E-state index in [1.54, 1.807) is 22.3 Å². The third kappa shape index (κ3) is 3.00. The molecule has 1 heterocycles. The summed E-state index contributed by atoms with van der Waals surface area (Å²) in [4.78, 5) is 14.5. The Hall–Kier alpha value is -1.09. The summed E-state index contributed by atoms with van der Waals surface area (Å²) in [5, 5.41) is 2.00. The predicted octanol–water partition coefficient (Wildman–Crippen LogP) is 2.63. The molecule has 0 unspecified atom stereocenters. The van der Waals surface area contributed by atoms with Gasteiger partial charge in [0.25, 0.3) is 0 Å². The molecule has 0 atom stereocenters. The highest BCUT2D eigenvalue weighted by atomic mass is 32.1. The SMILES string of the molecule is CCN(CC)C(=O)C=Cc1cccs1. The molecular weight excluding hydrogens is 194 g/mol. The van der Waals surface area contributed by atoms with Gasteiger partial charge >= 0.3 is 0 Å². The van der Waals surface area contributed by atoms with Crippen LogP contribution in [0.15, 0.2) is 23.6 Å². The standard InChI is InChI=1S/C11H15NOS/c1-3-12(4-2)11(13)8-7-10-6-5-9-14-10/h5-9H,3-4H2,1-2H3. The van der Waals surface area contributed by atoms with Crippen LogP contribution in [0.2, 0.25) is 0 Å². The number of likely N-dealkylation sites (N-methyl/N-ethyl adjacent to an activating group) is 1.